The third kappa shape index (κ3) is 3.42. The van der Waals surface area contributed by atoms with E-state index in [-0.39, 0.29) is 17.8 Å². The number of carbonyl (C=O) groups excluding carboxylic acids is 1. The molecule has 7 nitrogen and oxygen atoms in total. The molecule has 0 atom stereocenters. The molecule has 0 aliphatic carbocycles. The zero-order chi connectivity index (χ0) is 17.8. The zero-order valence-corrected chi connectivity index (χ0v) is 14.8. The Labute approximate surface area is 146 Å². The zero-order valence-electron chi connectivity index (χ0n) is 14.8. The number of nitrogens with zero attached hydrogens (tertiary/aromatic N) is 3. The van der Waals surface area contributed by atoms with Crippen molar-refractivity contribution in [3.8, 4) is 0 Å². The Morgan fingerprint density at radius 1 is 1.20 bits per heavy atom. The molecule has 0 saturated carbocycles. The topological polar surface area (TPSA) is 65.7 Å². The van der Waals surface area contributed by atoms with Crippen molar-refractivity contribution in [3.63, 3.8) is 0 Å². The number of carbonyl (C=O) groups is 1. The summed E-state index contributed by atoms with van der Waals surface area (Å²) in [6.45, 7) is 4.42. The lowest BCUT2D eigenvalue weighted by atomic mass is 10.0. The summed E-state index contributed by atoms with van der Waals surface area (Å²) in [5, 5.41) is 0. The molecule has 0 N–H and O–H groups in total. The van der Waals surface area contributed by atoms with E-state index in [0.717, 1.165) is 23.9 Å². The molecule has 1 amide bonds. The standard InChI is InChI=1S/C18H25N3O4/c1-3-25-18(23)19-10-8-14(9-11-19)21-16-7-5-4-6-15(16)20(17(21)22)12-13-24-2/h4-7,14H,3,8-13H2,1-2H3. The summed E-state index contributed by atoms with van der Waals surface area (Å²) in [7, 11) is 1.63. The van der Waals surface area contributed by atoms with E-state index < -0.39 is 0 Å². The number of fused-ring (bicyclic) bond motifs is 1. The van der Waals surface area contributed by atoms with Gasteiger partial charge in [-0.15, -0.1) is 0 Å². The molecule has 25 heavy (non-hydrogen) atoms. The highest BCUT2D eigenvalue weighted by Crippen LogP contribution is 2.26. The van der Waals surface area contributed by atoms with E-state index in [9.17, 15) is 9.59 Å². The van der Waals surface area contributed by atoms with Crippen molar-refractivity contribution < 1.29 is 14.3 Å². The van der Waals surface area contributed by atoms with E-state index in [1.807, 2.05) is 28.8 Å². The van der Waals surface area contributed by atoms with E-state index >= 15 is 0 Å². The summed E-state index contributed by atoms with van der Waals surface area (Å²) in [6.07, 6.45) is 1.23. The Hall–Kier alpha value is -2.28. The molecule has 0 unspecified atom stereocenters. The highest BCUT2D eigenvalue weighted by atomic mass is 16.6. The van der Waals surface area contributed by atoms with Crippen LogP contribution in [0.1, 0.15) is 25.8 Å². The summed E-state index contributed by atoms with van der Waals surface area (Å²) in [5.41, 5.74) is 1.86. The van der Waals surface area contributed by atoms with Gasteiger partial charge in [-0.25, -0.2) is 9.59 Å². The molecule has 3 rings (SSSR count). The van der Waals surface area contributed by atoms with Gasteiger partial charge in [0.2, 0.25) is 0 Å². The fourth-order valence-electron chi connectivity index (χ4n) is 3.51. The van der Waals surface area contributed by atoms with Crippen LogP contribution in [0.15, 0.2) is 29.1 Å². The Kier molecular flexibility index (Phi) is 5.43. The Morgan fingerprint density at radius 2 is 1.88 bits per heavy atom. The van der Waals surface area contributed by atoms with E-state index in [0.29, 0.717) is 32.8 Å². The van der Waals surface area contributed by atoms with E-state index in [1.54, 1.807) is 23.5 Å². The van der Waals surface area contributed by atoms with Crippen LogP contribution in [0.5, 0.6) is 0 Å². The summed E-state index contributed by atoms with van der Waals surface area (Å²) in [5.74, 6) is 0. The molecular formula is C18H25N3O4. The van der Waals surface area contributed by atoms with Gasteiger partial charge in [0, 0.05) is 26.2 Å². The Morgan fingerprint density at radius 3 is 2.52 bits per heavy atom. The first kappa shape index (κ1) is 17.5. The van der Waals surface area contributed by atoms with Gasteiger partial charge in [-0.05, 0) is 31.9 Å². The molecule has 1 aromatic heterocycles. The SMILES string of the molecule is CCOC(=O)N1CCC(n2c(=O)n(CCOC)c3ccccc32)CC1. The summed E-state index contributed by atoms with van der Waals surface area (Å²) in [6, 6.07) is 7.94. The number of methoxy groups -OCH3 is 1. The minimum Gasteiger partial charge on any atom is -0.450 e. The van der Waals surface area contributed by atoms with Gasteiger partial charge in [0.15, 0.2) is 0 Å². The van der Waals surface area contributed by atoms with E-state index in [2.05, 4.69) is 0 Å². The Balaban J connectivity index is 1.86. The van der Waals surface area contributed by atoms with Crippen molar-refractivity contribution >= 4 is 17.1 Å². The molecule has 2 aromatic rings. The first-order valence-electron chi connectivity index (χ1n) is 8.77. The summed E-state index contributed by atoms with van der Waals surface area (Å²) >= 11 is 0. The van der Waals surface area contributed by atoms with Gasteiger partial charge in [0.05, 0.1) is 30.8 Å². The molecule has 1 aliphatic heterocycles. The number of likely N-dealkylation sites (tertiary alicyclic amines) is 1. The van der Waals surface area contributed by atoms with Crippen LogP contribution in [0.3, 0.4) is 0 Å². The van der Waals surface area contributed by atoms with Gasteiger partial charge in [-0.2, -0.15) is 0 Å². The normalized spacial score (nSPS) is 15.7. The van der Waals surface area contributed by atoms with Gasteiger partial charge >= 0.3 is 11.8 Å². The smallest absolute Gasteiger partial charge is 0.409 e. The van der Waals surface area contributed by atoms with Crippen molar-refractivity contribution in [1.29, 1.82) is 0 Å². The number of amides is 1. The maximum Gasteiger partial charge on any atom is 0.409 e. The van der Waals surface area contributed by atoms with Gasteiger partial charge < -0.3 is 14.4 Å². The lowest BCUT2D eigenvalue weighted by molar-refractivity contribution is 0.0926. The summed E-state index contributed by atoms with van der Waals surface area (Å²) < 4.78 is 13.9. The van der Waals surface area contributed by atoms with E-state index in [1.165, 1.54) is 0 Å². The number of para-hydroxylation sites is 2. The molecule has 2 heterocycles. The van der Waals surface area contributed by atoms with Gasteiger partial charge in [-0.1, -0.05) is 12.1 Å². The van der Waals surface area contributed by atoms with Gasteiger partial charge in [0.25, 0.3) is 0 Å². The van der Waals surface area contributed by atoms with Crippen LogP contribution < -0.4 is 5.69 Å². The first-order valence-corrected chi connectivity index (χ1v) is 8.77. The van der Waals surface area contributed by atoms with Crippen LogP contribution in [-0.2, 0) is 16.0 Å². The van der Waals surface area contributed by atoms with Crippen molar-refractivity contribution in [1.82, 2.24) is 14.0 Å². The van der Waals surface area contributed by atoms with Crippen LogP contribution in [0.2, 0.25) is 0 Å². The number of hydrogen-bond donors (Lipinski definition) is 0. The van der Waals surface area contributed by atoms with Crippen LogP contribution in [0, 0.1) is 0 Å². The molecule has 136 valence electrons. The van der Waals surface area contributed by atoms with Gasteiger partial charge in [0.1, 0.15) is 0 Å². The molecule has 1 aliphatic rings. The average Bonchev–Trinajstić information content (AvgIpc) is 2.92. The minimum atomic E-state index is -0.268. The molecular weight excluding hydrogens is 322 g/mol. The molecule has 0 bridgehead atoms. The van der Waals surface area contributed by atoms with Crippen LogP contribution in [0.25, 0.3) is 11.0 Å². The highest BCUT2D eigenvalue weighted by molar-refractivity contribution is 5.76. The fourth-order valence-corrected chi connectivity index (χ4v) is 3.51. The van der Waals surface area contributed by atoms with Crippen LogP contribution in [0.4, 0.5) is 4.79 Å². The van der Waals surface area contributed by atoms with Crippen molar-refractivity contribution in [2.45, 2.75) is 32.4 Å². The van der Waals surface area contributed by atoms with Crippen LogP contribution >= 0.6 is 0 Å². The first-order chi connectivity index (χ1) is 12.2. The number of benzene rings is 1. The number of hydrogen-bond acceptors (Lipinski definition) is 4. The predicted molar refractivity (Wildman–Crippen MR) is 94.9 cm³/mol. The lowest BCUT2D eigenvalue weighted by Crippen LogP contribution is -2.41. The lowest BCUT2D eigenvalue weighted by Gasteiger charge is -2.31. The maximum absolute atomic E-state index is 13.0. The second-order valence-corrected chi connectivity index (χ2v) is 6.20. The Bertz CT molecular complexity index is 787. The molecule has 7 heteroatoms. The van der Waals surface area contributed by atoms with Gasteiger partial charge in [-0.3, -0.25) is 9.13 Å². The van der Waals surface area contributed by atoms with E-state index in [4.69, 9.17) is 9.47 Å². The largest absolute Gasteiger partial charge is 0.450 e. The average molecular weight is 347 g/mol. The predicted octanol–water partition coefficient (Wildman–Crippen LogP) is 2.24. The summed E-state index contributed by atoms with van der Waals surface area (Å²) in [4.78, 5) is 26.6. The van der Waals surface area contributed by atoms with Crippen molar-refractivity contribution in [3.05, 3.63) is 34.7 Å². The number of imidazole rings is 1. The third-order valence-electron chi connectivity index (χ3n) is 4.74. The third-order valence-corrected chi connectivity index (χ3v) is 4.74. The number of ether oxygens (including phenoxy) is 2. The molecule has 1 saturated heterocycles. The van der Waals surface area contributed by atoms with Crippen LogP contribution in [-0.4, -0.2) is 53.5 Å². The maximum atomic E-state index is 13.0. The van der Waals surface area contributed by atoms with Crippen molar-refractivity contribution in [2.24, 2.45) is 0 Å². The minimum absolute atomic E-state index is 0.00663. The second kappa shape index (κ2) is 7.74. The second-order valence-electron chi connectivity index (χ2n) is 6.20. The molecule has 1 fully saturated rings. The molecule has 1 aromatic carbocycles. The van der Waals surface area contributed by atoms with Crippen molar-refractivity contribution in [2.75, 3.05) is 33.4 Å². The quantitative estimate of drug-likeness (QED) is 0.832. The number of piperidine rings is 1. The highest BCUT2D eigenvalue weighted by Gasteiger charge is 2.27. The number of rotatable bonds is 5. The molecule has 0 spiro atoms. The molecule has 0 radical (unpaired) electrons. The number of aromatic nitrogens is 2. The fraction of sp³-hybridized carbons (Fsp3) is 0.556. The monoisotopic (exact) mass is 347 g/mol.